The van der Waals surface area contributed by atoms with Crippen LogP contribution in [0.25, 0.3) is 0 Å². The molecule has 0 spiro atoms. The van der Waals surface area contributed by atoms with Gasteiger partial charge in [-0.1, -0.05) is 133 Å². The van der Waals surface area contributed by atoms with E-state index in [0.717, 1.165) is 23.8 Å². The van der Waals surface area contributed by atoms with E-state index in [-0.39, 0.29) is 55.8 Å². The summed E-state index contributed by atoms with van der Waals surface area (Å²) >= 11 is 0. The summed E-state index contributed by atoms with van der Waals surface area (Å²) in [5.74, 6) is -3.09. The van der Waals surface area contributed by atoms with Crippen LogP contribution in [0.1, 0.15) is 56.3 Å². The van der Waals surface area contributed by atoms with Gasteiger partial charge in [0.05, 0.1) is 57.5 Å². The molecule has 2 saturated heterocycles. The average Bonchev–Trinajstić information content (AvgIpc) is 3.88. The Hall–Kier alpha value is -7.16. The Morgan fingerprint density at radius 3 is 1.68 bits per heavy atom. The molecule has 71 heavy (non-hydrogen) atoms. The number of ether oxygens (including phenoxy) is 9. The highest BCUT2D eigenvalue weighted by molar-refractivity contribution is 5.90. The number of benzene rings is 5. The lowest BCUT2D eigenvalue weighted by Crippen LogP contribution is -2.66. The van der Waals surface area contributed by atoms with E-state index >= 15 is 0 Å². The Bertz CT molecular complexity index is 2630. The minimum absolute atomic E-state index is 0.0140. The molecular formula is C53H54N4O14. The molecule has 0 aliphatic carbocycles. The molecular weight excluding hydrogens is 917 g/mol. The number of aromatic nitrogens is 3. The van der Waals surface area contributed by atoms with Crippen molar-refractivity contribution in [3.63, 3.8) is 0 Å². The first-order valence-corrected chi connectivity index (χ1v) is 23.0. The Labute approximate surface area is 409 Å². The molecule has 2 N–H and O–H groups in total. The zero-order valence-corrected chi connectivity index (χ0v) is 38.9. The largest absolute Gasteiger partial charge is 0.467 e. The Kier molecular flexibility index (Phi) is 17.4. The fraction of sp³-hybridized carbons (Fsp3) is 0.321. The van der Waals surface area contributed by atoms with Crippen LogP contribution >= 0.6 is 0 Å². The minimum atomic E-state index is -1.87. The molecule has 1 aromatic heterocycles. The summed E-state index contributed by atoms with van der Waals surface area (Å²) < 4.78 is 56.9. The van der Waals surface area contributed by atoms with Gasteiger partial charge in [-0.25, -0.2) is 19.1 Å². The minimum Gasteiger partial charge on any atom is -0.467 e. The zero-order valence-electron chi connectivity index (χ0n) is 38.9. The third-order valence-corrected chi connectivity index (χ3v) is 11.7. The number of nitrogens with one attached hydrogen (secondary N) is 1. The van der Waals surface area contributed by atoms with Gasteiger partial charge in [-0.15, -0.1) is 5.10 Å². The molecule has 10 atom stereocenters. The van der Waals surface area contributed by atoms with E-state index in [1.165, 1.54) is 42.1 Å². The van der Waals surface area contributed by atoms with Crippen LogP contribution in [0.5, 0.6) is 0 Å². The summed E-state index contributed by atoms with van der Waals surface area (Å²) in [5.41, 5.74) is 3.15. The van der Waals surface area contributed by atoms with Crippen molar-refractivity contribution in [2.75, 3.05) is 13.7 Å². The quantitative estimate of drug-likeness (QED) is 0.0734. The third kappa shape index (κ3) is 13.2. The van der Waals surface area contributed by atoms with Gasteiger partial charge in [-0.3, -0.25) is 4.79 Å². The SMILES string of the molecule is COC(=O)[C@H]1O[C@@H](n2cc(CO[C@H]3[C@H](OCc4ccccc4)[C@@H](NC(C)=O)[C@H](OCc4ccccc4)O[C@@H]3COCc3ccccc3)nn2)[C@H](OC(=O)c2ccccc2)[C@@H](OC(=O)c2ccccc2)[C@@H]1O. The number of carbonyl (C=O) groups excluding carboxylic acids is 4. The highest BCUT2D eigenvalue weighted by Gasteiger charge is 2.54. The molecule has 6 aromatic rings. The normalized spacial score (nSPS) is 24.0. The summed E-state index contributed by atoms with van der Waals surface area (Å²) in [7, 11) is 1.10. The van der Waals surface area contributed by atoms with Crippen molar-refractivity contribution >= 4 is 23.8 Å². The van der Waals surface area contributed by atoms with E-state index in [2.05, 4.69) is 15.6 Å². The molecule has 5 aromatic carbocycles. The van der Waals surface area contributed by atoms with E-state index in [0.29, 0.717) is 0 Å². The highest BCUT2D eigenvalue weighted by atomic mass is 16.7. The number of amides is 1. The lowest BCUT2D eigenvalue weighted by Gasteiger charge is -2.46. The van der Waals surface area contributed by atoms with Gasteiger partial charge in [0.2, 0.25) is 5.91 Å². The molecule has 3 heterocycles. The van der Waals surface area contributed by atoms with Crippen LogP contribution in [0, 0.1) is 0 Å². The first-order valence-electron chi connectivity index (χ1n) is 23.0. The molecule has 0 unspecified atom stereocenters. The van der Waals surface area contributed by atoms with Crippen LogP contribution in [0.2, 0.25) is 0 Å². The smallest absolute Gasteiger partial charge is 0.338 e. The fourth-order valence-corrected chi connectivity index (χ4v) is 8.19. The standard InChI is InChI=1S/C53H54N4O14/c1-34(58)54-42-45(65-30-36-20-10-4-11-21-36)44(41(33-64-29-35-18-8-3-9-19-35)68-53(42)67-31-37-22-12-5-13-23-37)66-32-40-28-57(56-55-40)49-48(71-51(61)39-26-16-7-17-27-39)46(43(59)47(69-49)52(62)63-2)70-50(60)38-24-14-6-15-25-38/h3-28,41-49,53,59H,29-33H2,1-2H3,(H,54,58)/t41-,42-,43+,44-,45-,46+,47+,48-,49-,53-/m1/s1. The molecule has 1 amide bonds. The average molecular weight is 971 g/mol. The van der Waals surface area contributed by atoms with E-state index in [1.807, 2.05) is 91.0 Å². The van der Waals surface area contributed by atoms with Crippen LogP contribution in [-0.4, -0.2) is 113 Å². The number of carbonyl (C=O) groups is 4. The van der Waals surface area contributed by atoms with E-state index in [1.54, 1.807) is 36.4 Å². The van der Waals surface area contributed by atoms with Crippen molar-refractivity contribution < 1.29 is 66.9 Å². The molecule has 18 heteroatoms. The summed E-state index contributed by atoms with van der Waals surface area (Å²) in [4.78, 5) is 53.4. The fourth-order valence-electron chi connectivity index (χ4n) is 8.19. The van der Waals surface area contributed by atoms with Gasteiger partial charge in [0.15, 0.2) is 30.8 Å². The molecule has 370 valence electrons. The van der Waals surface area contributed by atoms with Crippen LogP contribution < -0.4 is 5.32 Å². The van der Waals surface area contributed by atoms with Gasteiger partial charge in [0.1, 0.15) is 36.2 Å². The second-order valence-corrected chi connectivity index (χ2v) is 16.7. The first-order chi connectivity index (χ1) is 34.6. The number of methoxy groups -OCH3 is 1. The predicted molar refractivity (Wildman–Crippen MR) is 250 cm³/mol. The van der Waals surface area contributed by atoms with Crippen molar-refractivity contribution in [1.29, 1.82) is 0 Å². The van der Waals surface area contributed by atoms with Gasteiger partial charge in [0.25, 0.3) is 0 Å². The summed E-state index contributed by atoms with van der Waals surface area (Å²) in [6.45, 7) is 1.70. The monoisotopic (exact) mass is 970 g/mol. The molecule has 2 aliphatic heterocycles. The Balaban J connectivity index is 1.11. The van der Waals surface area contributed by atoms with Crippen LogP contribution in [0.3, 0.4) is 0 Å². The summed E-state index contributed by atoms with van der Waals surface area (Å²) in [5, 5.41) is 23.3. The predicted octanol–water partition coefficient (Wildman–Crippen LogP) is 5.29. The van der Waals surface area contributed by atoms with Gasteiger partial charge < -0.3 is 53.1 Å². The number of aliphatic hydroxyl groups is 1. The van der Waals surface area contributed by atoms with Crippen molar-refractivity contribution in [3.8, 4) is 0 Å². The van der Waals surface area contributed by atoms with E-state index in [9.17, 15) is 24.3 Å². The number of rotatable bonds is 20. The van der Waals surface area contributed by atoms with Crippen molar-refractivity contribution in [1.82, 2.24) is 20.3 Å². The van der Waals surface area contributed by atoms with Gasteiger partial charge in [-0.05, 0) is 41.0 Å². The first kappa shape index (κ1) is 50.2. The molecule has 2 fully saturated rings. The van der Waals surface area contributed by atoms with Gasteiger partial charge in [0, 0.05) is 6.92 Å². The molecule has 18 nitrogen and oxygen atoms in total. The van der Waals surface area contributed by atoms with Gasteiger partial charge >= 0.3 is 17.9 Å². The zero-order chi connectivity index (χ0) is 49.5. The Morgan fingerprint density at radius 2 is 1.13 bits per heavy atom. The van der Waals surface area contributed by atoms with Crippen molar-refractivity contribution in [2.45, 2.75) is 94.6 Å². The molecule has 8 rings (SSSR count). The third-order valence-electron chi connectivity index (χ3n) is 11.7. The highest BCUT2D eigenvalue weighted by Crippen LogP contribution is 2.35. The molecule has 0 saturated carbocycles. The van der Waals surface area contributed by atoms with Crippen molar-refractivity contribution in [3.05, 3.63) is 191 Å². The summed E-state index contributed by atoms with van der Waals surface area (Å²) in [6.07, 6.45) is -10.7. The number of hydrogen-bond acceptors (Lipinski definition) is 16. The number of nitrogens with zero attached hydrogens (tertiary/aromatic N) is 3. The summed E-state index contributed by atoms with van der Waals surface area (Å²) in [6, 6.07) is 43.8. The van der Waals surface area contributed by atoms with Crippen LogP contribution in [-0.2, 0) is 78.6 Å². The maximum Gasteiger partial charge on any atom is 0.338 e. The van der Waals surface area contributed by atoms with E-state index in [4.69, 9.17) is 42.6 Å². The molecule has 0 radical (unpaired) electrons. The lowest BCUT2D eigenvalue weighted by atomic mass is 9.96. The second-order valence-electron chi connectivity index (χ2n) is 16.7. The maximum atomic E-state index is 13.7. The number of esters is 3. The maximum absolute atomic E-state index is 13.7. The molecule has 0 bridgehead atoms. The topological polar surface area (TPSA) is 214 Å². The van der Waals surface area contributed by atoms with Crippen LogP contribution in [0.4, 0.5) is 0 Å². The van der Waals surface area contributed by atoms with E-state index < -0.39 is 79.2 Å². The van der Waals surface area contributed by atoms with Crippen LogP contribution in [0.15, 0.2) is 158 Å². The number of hydrogen-bond donors (Lipinski definition) is 2. The van der Waals surface area contributed by atoms with Gasteiger partial charge in [-0.2, -0.15) is 0 Å². The van der Waals surface area contributed by atoms with Crippen molar-refractivity contribution in [2.24, 2.45) is 0 Å². The second kappa shape index (κ2) is 24.6. The Morgan fingerprint density at radius 1 is 0.620 bits per heavy atom. The lowest BCUT2D eigenvalue weighted by molar-refractivity contribution is -0.293. The number of aliphatic hydroxyl groups excluding tert-OH is 1. The molecule has 2 aliphatic rings.